The smallest absolute Gasteiger partial charge is 0.345 e. The van der Waals surface area contributed by atoms with Crippen LogP contribution in [0.1, 0.15) is 0 Å². The molecule has 0 radical (unpaired) electrons. The van der Waals surface area contributed by atoms with Crippen LogP contribution in [-0.2, 0) is 9.53 Å². The van der Waals surface area contributed by atoms with Crippen LogP contribution in [-0.4, -0.2) is 19.2 Å². The van der Waals surface area contributed by atoms with Crippen molar-refractivity contribution in [3.05, 3.63) is 28.7 Å². The van der Waals surface area contributed by atoms with Crippen LogP contribution in [0.2, 0.25) is 0 Å². The Hall–Kier alpha value is -0.740. The first-order valence-electron chi connectivity index (χ1n) is 4.35. The van der Waals surface area contributed by atoms with Crippen LogP contribution < -0.4 is 4.74 Å². The Morgan fingerprint density at radius 1 is 1.38 bits per heavy atom. The molecule has 0 N–H and O–H groups in total. The first kappa shape index (κ1) is 13.3. The van der Waals surface area contributed by atoms with Crippen LogP contribution >= 0.6 is 38.5 Å². The summed E-state index contributed by atoms with van der Waals surface area (Å²) in [5, 5.41) is 0. The van der Waals surface area contributed by atoms with E-state index < -0.39 is 5.97 Å². The van der Waals surface area contributed by atoms with Gasteiger partial charge in [-0.05, 0) is 28.2 Å². The lowest BCUT2D eigenvalue weighted by molar-refractivity contribution is -0.144. The summed E-state index contributed by atoms with van der Waals surface area (Å²) in [6.07, 6.45) is 0. The van der Waals surface area contributed by atoms with Crippen molar-refractivity contribution >= 4 is 44.5 Å². The van der Waals surface area contributed by atoms with Gasteiger partial charge in [0.2, 0.25) is 0 Å². The number of halogens is 2. The molecule has 16 heavy (non-hydrogen) atoms. The van der Waals surface area contributed by atoms with Crippen LogP contribution in [0.4, 0.5) is 0 Å². The van der Waals surface area contributed by atoms with Gasteiger partial charge < -0.3 is 9.47 Å². The van der Waals surface area contributed by atoms with Gasteiger partial charge in [-0.2, -0.15) is 0 Å². The number of benzene rings is 1. The quantitative estimate of drug-likeness (QED) is 0.447. The molecule has 0 saturated heterocycles. The van der Waals surface area contributed by atoms with E-state index in [2.05, 4.69) is 25.8 Å². The minimum absolute atomic E-state index is 0.103. The Kier molecular flexibility index (Phi) is 6.26. The highest BCUT2D eigenvalue weighted by atomic mass is 127. The second-order valence-electron chi connectivity index (χ2n) is 2.67. The van der Waals surface area contributed by atoms with E-state index >= 15 is 0 Å². The molecule has 0 atom stereocenters. The summed E-state index contributed by atoms with van der Waals surface area (Å²) in [6.45, 7) is -0.00394. The average molecular weight is 395 g/mol. The summed E-state index contributed by atoms with van der Waals surface area (Å²) in [5.74, 6) is 2.81. The molecule has 0 aliphatic heterocycles. The van der Waals surface area contributed by atoms with E-state index in [0.29, 0.717) is 5.75 Å². The van der Waals surface area contributed by atoms with E-state index in [4.69, 9.17) is 9.47 Å². The third-order valence-electron chi connectivity index (χ3n) is 1.54. The number of esters is 1. The zero-order chi connectivity index (χ0) is 11.8. The van der Waals surface area contributed by atoms with Crippen molar-refractivity contribution in [2.24, 2.45) is 0 Å². The number of hydrogen-bond donors (Lipinski definition) is 0. The molecule has 0 fully saturated rings. The number of carbonyl (C=O) groups excluding carboxylic acids is 1. The van der Waals surface area contributed by atoms with E-state index in [1.807, 2.05) is 34.7 Å². The summed E-state index contributed by atoms with van der Waals surface area (Å²) in [4.78, 5) is 11.1. The summed E-state index contributed by atoms with van der Waals surface area (Å²) in [7, 11) is 0. The van der Waals surface area contributed by atoms with Gasteiger partial charge in [0.05, 0.1) is 0 Å². The van der Waals surface area contributed by atoms with Crippen molar-refractivity contribution < 1.29 is 14.3 Å². The van der Waals surface area contributed by atoms with Gasteiger partial charge in [0.15, 0.2) is 13.2 Å². The zero-order valence-electron chi connectivity index (χ0n) is 8.20. The highest BCUT2D eigenvalue weighted by molar-refractivity contribution is 14.1. The number of carbonyl (C=O) groups is 1. The van der Waals surface area contributed by atoms with Gasteiger partial charge in [-0.1, -0.05) is 21.9 Å². The molecule has 0 aliphatic rings. The molecule has 0 saturated carbocycles. The SMILES string of the molecule is O=C(COc1ccc(Br)cc1)OCC#CI. The largest absolute Gasteiger partial charge is 0.482 e. The van der Waals surface area contributed by atoms with Gasteiger partial charge >= 0.3 is 5.97 Å². The van der Waals surface area contributed by atoms with Gasteiger partial charge in [-0.25, -0.2) is 4.79 Å². The summed E-state index contributed by atoms with van der Waals surface area (Å²) < 4.78 is 13.5. The third-order valence-corrected chi connectivity index (χ3v) is 2.45. The topological polar surface area (TPSA) is 35.5 Å². The van der Waals surface area contributed by atoms with Gasteiger partial charge in [0, 0.05) is 27.1 Å². The van der Waals surface area contributed by atoms with Crippen LogP contribution in [0.5, 0.6) is 5.75 Å². The van der Waals surface area contributed by atoms with Crippen molar-refractivity contribution in [2.45, 2.75) is 0 Å². The maximum atomic E-state index is 11.1. The first-order valence-corrected chi connectivity index (χ1v) is 6.22. The van der Waals surface area contributed by atoms with Crippen LogP contribution in [0, 0.1) is 9.85 Å². The molecule has 0 bridgehead atoms. The minimum Gasteiger partial charge on any atom is -0.482 e. The average Bonchev–Trinajstić information content (AvgIpc) is 2.29. The minimum atomic E-state index is -0.429. The van der Waals surface area contributed by atoms with Crippen molar-refractivity contribution in [1.29, 1.82) is 0 Å². The molecule has 0 amide bonds. The van der Waals surface area contributed by atoms with E-state index in [-0.39, 0.29) is 13.2 Å². The summed E-state index contributed by atoms with van der Waals surface area (Å²) in [6, 6.07) is 7.20. The van der Waals surface area contributed by atoms with Crippen LogP contribution in [0.3, 0.4) is 0 Å². The molecule has 0 unspecified atom stereocenters. The maximum Gasteiger partial charge on any atom is 0.345 e. The molecule has 1 aromatic rings. The predicted octanol–water partition coefficient (Wildman–Crippen LogP) is 2.77. The Morgan fingerprint density at radius 2 is 2.06 bits per heavy atom. The molecule has 5 heteroatoms. The zero-order valence-corrected chi connectivity index (χ0v) is 11.9. The van der Waals surface area contributed by atoms with Gasteiger partial charge in [-0.15, -0.1) is 0 Å². The Bertz CT molecular complexity index is 405. The highest BCUT2D eigenvalue weighted by Crippen LogP contribution is 2.15. The highest BCUT2D eigenvalue weighted by Gasteiger charge is 2.02. The fraction of sp³-hybridized carbons (Fsp3) is 0.182. The second kappa shape index (κ2) is 7.52. The maximum absolute atomic E-state index is 11.1. The summed E-state index contributed by atoms with van der Waals surface area (Å²) in [5.41, 5.74) is 0. The second-order valence-corrected chi connectivity index (χ2v) is 4.13. The number of hydrogen-bond acceptors (Lipinski definition) is 3. The van der Waals surface area contributed by atoms with E-state index in [1.165, 1.54) is 0 Å². The molecule has 0 spiro atoms. The lowest BCUT2D eigenvalue weighted by Crippen LogP contribution is -2.14. The molecule has 0 aromatic heterocycles. The Labute approximate surface area is 116 Å². The van der Waals surface area contributed by atoms with Crippen molar-refractivity contribution in [3.8, 4) is 15.6 Å². The molecule has 84 valence electrons. The first-order chi connectivity index (χ1) is 7.72. The molecule has 0 aliphatic carbocycles. The molecule has 1 aromatic carbocycles. The van der Waals surface area contributed by atoms with Crippen LogP contribution in [0.25, 0.3) is 0 Å². The number of rotatable bonds is 4. The standard InChI is InChI=1S/C11H8BrIO3/c12-9-2-4-10(5-3-9)16-8-11(14)15-7-1-6-13/h2-5H,7-8H2. The molecule has 0 heterocycles. The van der Waals surface area contributed by atoms with Crippen molar-refractivity contribution in [3.63, 3.8) is 0 Å². The van der Waals surface area contributed by atoms with E-state index in [9.17, 15) is 4.79 Å². The van der Waals surface area contributed by atoms with E-state index in [0.717, 1.165) is 4.47 Å². The van der Waals surface area contributed by atoms with Gasteiger partial charge in [0.1, 0.15) is 5.75 Å². The Balaban J connectivity index is 2.30. The predicted molar refractivity (Wildman–Crippen MR) is 72.4 cm³/mol. The summed E-state index contributed by atoms with van der Waals surface area (Å²) >= 11 is 5.18. The van der Waals surface area contributed by atoms with Gasteiger partial charge in [0.25, 0.3) is 0 Å². The lowest BCUT2D eigenvalue weighted by atomic mass is 10.3. The fourth-order valence-electron chi connectivity index (χ4n) is 0.859. The third kappa shape index (κ3) is 5.37. The fourth-order valence-corrected chi connectivity index (χ4v) is 1.28. The monoisotopic (exact) mass is 394 g/mol. The molecular weight excluding hydrogens is 387 g/mol. The molecule has 1 rings (SSSR count). The lowest BCUT2D eigenvalue weighted by Gasteiger charge is -2.04. The van der Waals surface area contributed by atoms with Gasteiger partial charge in [-0.3, -0.25) is 0 Å². The molecule has 3 nitrogen and oxygen atoms in total. The Morgan fingerprint density at radius 3 is 2.69 bits per heavy atom. The normalized spacial score (nSPS) is 8.88. The van der Waals surface area contributed by atoms with Crippen molar-refractivity contribution in [2.75, 3.05) is 13.2 Å². The van der Waals surface area contributed by atoms with E-state index in [1.54, 1.807) is 12.1 Å². The number of ether oxygens (including phenoxy) is 2. The molecular formula is C11H8BrIO3. The van der Waals surface area contributed by atoms with Crippen LogP contribution in [0.15, 0.2) is 28.7 Å². The van der Waals surface area contributed by atoms with Crippen molar-refractivity contribution in [1.82, 2.24) is 0 Å².